The fourth-order valence-corrected chi connectivity index (χ4v) is 5.00. The number of H-pyrrole nitrogens is 1. The fourth-order valence-electron chi connectivity index (χ4n) is 3.56. The minimum Gasteiger partial charge on any atom is -0.492 e. The largest absolute Gasteiger partial charge is 0.492 e. The summed E-state index contributed by atoms with van der Waals surface area (Å²) < 4.78 is 31.7. The number of fused-ring (bicyclic) bond motifs is 2. The summed E-state index contributed by atoms with van der Waals surface area (Å²) in [4.78, 5) is 16.9. The molecule has 2 aromatic carbocycles. The molecule has 1 amide bonds. The lowest BCUT2D eigenvalue weighted by Crippen LogP contribution is -2.22. The molecule has 2 N–H and O–H groups in total. The summed E-state index contributed by atoms with van der Waals surface area (Å²) in [5.41, 5.74) is 2.72. The highest BCUT2D eigenvalue weighted by Crippen LogP contribution is 2.35. The topological polar surface area (TPSA) is 114 Å². The molecule has 0 saturated heterocycles. The molecular formula is C22H18N4O4S. The zero-order valence-electron chi connectivity index (χ0n) is 16.3. The Kier molecular flexibility index (Phi) is 4.67. The van der Waals surface area contributed by atoms with Crippen molar-refractivity contribution in [3.8, 4) is 5.75 Å². The second-order valence-corrected chi connectivity index (χ2v) is 9.12. The van der Waals surface area contributed by atoms with Gasteiger partial charge in [-0.2, -0.15) is 5.10 Å². The molecule has 0 spiro atoms. The summed E-state index contributed by atoms with van der Waals surface area (Å²) in [6, 6.07) is 13.4. The molecule has 0 fully saturated rings. The number of aromatic nitrogens is 3. The Hall–Kier alpha value is -3.72. The van der Waals surface area contributed by atoms with E-state index in [1.54, 1.807) is 48.7 Å². The number of sulfone groups is 1. The Morgan fingerprint density at radius 2 is 1.97 bits per heavy atom. The first kappa shape index (κ1) is 19.3. The van der Waals surface area contributed by atoms with E-state index >= 15 is 0 Å². The maximum Gasteiger partial charge on any atom is 0.253 e. The second-order valence-electron chi connectivity index (χ2n) is 7.20. The highest BCUT2D eigenvalue weighted by molar-refractivity contribution is 7.91. The zero-order valence-corrected chi connectivity index (χ0v) is 17.1. The Balaban J connectivity index is 1.31. The van der Waals surface area contributed by atoms with Crippen LogP contribution >= 0.6 is 0 Å². The number of nitrogens with one attached hydrogen (secondary N) is 2. The molecule has 0 unspecified atom stereocenters. The van der Waals surface area contributed by atoms with Crippen LogP contribution in [0.25, 0.3) is 11.0 Å². The number of para-hydroxylation sites is 1. The van der Waals surface area contributed by atoms with Crippen LogP contribution < -0.4 is 10.1 Å². The summed E-state index contributed by atoms with van der Waals surface area (Å²) >= 11 is 0. The smallest absolute Gasteiger partial charge is 0.253 e. The summed E-state index contributed by atoms with van der Waals surface area (Å²) in [5, 5.41) is 10.2. The molecule has 9 heteroatoms. The van der Waals surface area contributed by atoms with E-state index in [0.29, 0.717) is 30.0 Å². The van der Waals surface area contributed by atoms with E-state index in [9.17, 15) is 13.2 Å². The van der Waals surface area contributed by atoms with Crippen molar-refractivity contribution in [2.75, 3.05) is 6.61 Å². The van der Waals surface area contributed by atoms with Gasteiger partial charge in [-0.3, -0.25) is 9.89 Å². The molecule has 3 heterocycles. The molecule has 0 saturated carbocycles. The van der Waals surface area contributed by atoms with Crippen molar-refractivity contribution >= 4 is 26.8 Å². The van der Waals surface area contributed by atoms with Crippen molar-refractivity contribution in [3.63, 3.8) is 0 Å². The van der Waals surface area contributed by atoms with Gasteiger partial charge in [0.25, 0.3) is 5.91 Å². The maximum atomic E-state index is 13.1. The number of nitrogens with zero attached hydrogens (tertiary/aromatic N) is 2. The van der Waals surface area contributed by atoms with E-state index in [1.165, 1.54) is 6.20 Å². The number of ether oxygens (including phenoxy) is 1. The van der Waals surface area contributed by atoms with Gasteiger partial charge >= 0.3 is 0 Å². The third-order valence-corrected chi connectivity index (χ3v) is 7.00. The lowest BCUT2D eigenvalue weighted by Gasteiger charge is -2.10. The molecule has 8 nitrogen and oxygen atoms in total. The number of benzene rings is 2. The van der Waals surface area contributed by atoms with Crippen molar-refractivity contribution in [2.24, 2.45) is 0 Å². The number of aromatic amines is 1. The van der Waals surface area contributed by atoms with E-state index in [1.807, 2.05) is 6.07 Å². The molecule has 0 radical (unpaired) electrons. The van der Waals surface area contributed by atoms with Crippen LogP contribution in [-0.4, -0.2) is 36.1 Å². The number of rotatable bonds is 5. The maximum absolute atomic E-state index is 13.1. The van der Waals surface area contributed by atoms with Gasteiger partial charge in [-0.05, 0) is 35.4 Å². The van der Waals surface area contributed by atoms with Crippen molar-refractivity contribution in [2.45, 2.75) is 22.8 Å². The van der Waals surface area contributed by atoms with Gasteiger partial charge in [0.05, 0.1) is 23.3 Å². The predicted octanol–water partition coefficient (Wildman–Crippen LogP) is 2.66. The van der Waals surface area contributed by atoms with E-state index in [-0.39, 0.29) is 22.2 Å². The van der Waals surface area contributed by atoms with E-state index in [4.69, 9.17) is 4.74 Å². The standard InChI is InChI=1S/C22H18N4O4S/c27-22(17-10-16-13-25-26-21(16)23-12-17)24-11-14-4-6-18(7-5-14)31(28,29)19-3-1-2-15-8-9-30-20(15)19/h1-7,10,12-13H,8-9,11H2,(H,24,27)(H,23,25,26). The molecule has 156 valence electrons. The van der Waals surface area contributed by atoms with Crippen LogP contribution in [0.2, 0.25) is 0 Å². The van der Waals surface area contributed by atoms with Gasteiger partial charge in [0.15, 0.2) is 5.65 Å². The van der Waals surface area contributed by atoms with Crippen LogP contribution in [-0.2, 0) is 22.8 Å². The number of carbonyl (C=O) groups is 1. The molecule has 1 aliphatic rings. The van der Waals surface area contributed by atoms with Gasteiger partial charge in [0.1, 0.15) is 10.6 Å². The quantitative estimate of drug-likeness (QED) is 0.499. The molecular weight excluding hydrogens is 416 g/mol. The van der Waals surface area contributed by atoms with Crippen LogP contribution in [0.4, 0.5) is 0 Å². The van der Waals surface area contributed by atoms with Crippen LogP contribution in [0.3, 0.4) is 0 Å². The normalized spacial score (nSPS) is 13.0. The lowest BCUT2D eigenvalue weighted by atomic mass is 10.2. The average Bonchev–Trinajstić information content (AvgIpc) is 3.46. The van der Waals surface area contributed by atoms with Gasteiger partial charge in [-0.15, -0.1) is 0 Å². The summed E-state index contributed by atoms with van der Waals surface area (Å²) in [6.45, 7) is 0.746. The van der Waals surface area contributed by atoms with Gasteiger partial charge in [0.2, 0.25) is 9.84 Å². The van der Waals surface area contributed by atoms with E-state index in [0.717, 1.165) is 16.5 Å². The number of hydrogen-bond donors (Lipinski definition) is 2. The van der Waals surface area contributed by atoms with Crippen molar-refractivity contribution < 1.29 is 17.9 Å². The van der Waals surface area contributed by atoms with Crippen LogP contribution in [0.15, 0.2) is 70.7 Å². The zero-order chi connectivity index (χ0) is 21.4. The number of pyridine rings is 1. The summed E-state index contributed by atoms with van der Waals surface area (Å²) in [5.74, 6) is 0.173. The third kappa shape index (κ3) is 3.53. The highest BCUT2D eigenvalue weighted by atomic mass is 32.2. The van der Waals surface area contributed by atoms with E-state index < -0.39 is 9.84 Å². The van der Waals surface area contributed by atoms with Crippen molar-refractivity contribution in [3.05, 3.63) is 77.6 Å². The number of hydrogen-bond acceptors (Lipinski definition) is 6. The monoisotopic (exact) mass is 434 g/mol. The molecule has 0 bridgehead atoms. The summed E-state index contributed by atoms with van der Waals surface area (Å²) in [7, 11) is -3.70. The molecule has 2 aromatic heterocycles. The Bertz CT molecular complexity index is 1390. The van der Waals surface area contributed by atoms with Crippen molar-refractivity contribution in [1.29, 1.82) is 0 Å². The van der Waals surface area contributed by atoms with Gasteiger partial charge in [-0.25, -0.2) is 13.4 Å². The first-order chi connectivity index (χ1) is 15.0. The Labute approximate surface area is 178 Å². The first-order valence-electron chi connectivity index (χ1n) is 9.68. The summed E-state index contributed by atoms with van der Waals surface area (Å²) in [6.07, 6.45) is 3.79. The SMILES string of the molecule is O=C(NCc1ccc(S(=O)(=O)c2cccc3c2OCC3)cc1)c1cnc2[nH]ncc2c1. The van der Waals surface area contributed by atoms with E-state index in [2.05, 4.69) is 20.5 Å². The Morgan fingerprint density at radius 3 is 2.81 bits per heavy atom. The minimum atomic E-state index is -3.70. The third-order valence-electron chi connectivity index (χ3n) is 5.21. The van der Waals surface area contributed by atoms with Crippen LogP contribution in [0.1, 0.15) is 21.5 Å². The van der Waals surface area contributed by atoms with Gasteiger partial charge in [0, 0.05) is 24.5 Å². The minimum absolute atomic E-state index is 0.182. The Morgan fingerprint density at radius 1 is 1.13 bits per heavy atom. The molecule has 0 atom stereocenters. The van der Waals surface area contributed by atoms with Crippen LogP contribution in [0, 0.1) is 0 Å². The number of carbonyl (C=O) groups excluding carboxylic acids is 1. The highest BCUT2D eigenvalue weighted by Gasteiger charge is 2.26. The van der Waals surface area contributed by atoms with Crippen LogP contribution in [0.5, 0.6) is 5.75 Å². The second kappa shape index (κ2) is 7.51. The first-order valence-corrected chi connectivity index (χ1v) is 11.2. The van der Waals surface area contributed by atoms with Gasteiger partial charge in [-0.1, -0.05) is 24.3 Å². The molecule has 4 aromatic rings. The predicted molar refractivity (Wildman–Crippen MR) is 113 cm³/mol. The fraction of sp³-hybridized carbons (Fsp3) is 0.136. The average molecular weight is 434 g/mol. The molecule has 31 heavy (non-hydrogen) atoms. The molecule has 0 aliphatic carbocycles. The molecule has 5 rings (SSSR count). The number of amides is 1. The van der Waals surface area contributed by atoms with Crippen molar-refractivity contribution in [1.82, 2.24) is 20.5 Å². The lowest BCUT2D eigenvalue weighted by molar-refractivity contribution is 0.0950. The molecule has 1 aliphatic heterocycles. The van der Waals surface area contributed by atoms with Gasteiger partial charge < -0.3 is 10.1 Å².